The average molecular weight is 440 g/mol. The molecule has 4 nitrogen and oxygen atoms in total. The van der Waals surface area contributed by atoms with Crippen LogP contribution in [0.3, 0.4) is 0 Å². The molecule has 0 saturated heterocycles. The Balaban J connectivity index is 2.07. The van der Waals surface area contributed by atoms with Crippen LogP contribution in [-0.2, 0) is 4.79 Å². The lowest BCUT2D eigenvalue weighted by Gasteiger charge is -2.21. The molecule has 2 amide bonds. The van der Waals surface area contributed by atoms with Gasteiger partial charge in [0, 0.05) is 14.8 Å². The zero-order valence-corrected chi connectivity index (χ0v) is 15.5. The maximum atomic E-state index is 12.9. The Kier molecular flexibility index (Phi) is 6.30. The number of carbonyl (C=O) groups excluding carboxylic acids is 2. The standard InChI is InChI=1S/C18H18FIN2O2/c1-11(2)16(18(24)21-15-9-7-14(20)8-10-15)22-17(23)12-3-5-13(19)6-4-12/h3-11,16H,1-2H3,(H,21,24)(H,22,23). The van der Waals surface area contributed by atoms with E-state index in [4.69, 9.17) is 0 Å². The summed E-state index contributed by atoms with van der Waals surface area (Å²) in [6.45, 7) is 3.70. The Hall–Kier alpha value is -1.96. The predicted octanol–water partition coefficient (Wildman–Crippen LogP) is 3.82. The van der Waals surface area contributed by atoms with E-state index in [1.165, 1.54) is 24.3 Å². The van der Waals surface area contributed by atoms with Crippen LogP contribution in [-0.4, -0.2) is 17.9 Å². The summed E-state index contributed by atoms with van der Waals surface area (Å²) in [4.78, 5) is 24.7. The van der Waals surface area contributed by atoms with E-state index in [0.29, 0.717) is 11.3 Å². The topological polar surface area (TPSA) is 58.2 Å². The Morgan fingerprint density at radius 2 is 1.58 bits per heavy atom. The van der Waals surface area contributed by atoms with Gasteiger partial charge in [-0.1, -0.05) is 13.8 Å². The van der Waals surface area contributed by atoms with Crippen LogP contribution < -0.4 is 10.6 Å². The molecule has 2 rings (SSSR count). The number of benzene rings is 2. The van der Waals surface area contributed by atoms with Gasteiger partial charge in [0.15, 0.2) is 0 Å². The summed E-state index contributed by atoms with van der Waals surface area (Å²) in [5, 5.41) is 5.51. The molecule has 126 valence electrons. The van der Waals surface area contributed by atoms with Gasteiger partial charge >= 0.3 is 0 Å². The van der Waals surface area contributed by atoms with E-state index < -0.39 is 17.8 Å². The zero-order valence-electron chi connectivity index (χ0n) is 13.3. The average Bonchev–Trinajstić information content (AvgIpc) is 2.54. The van der Waals surface area contributed by atoms with E-state index in [9.17, 15) is 14.0 Å². The minimum absolute atomic E-state index is 0.0988. The van der Waals surface area contributed by atoms with E-state index in [1.807, 2.05) is 26.0 Å². The van der Waals surface area contributed by atoms with Crippen molar-refractivity contribution in [2.45, 2.75) is 19.9 Å². The van der Waals surface area contributed by atoms with Crippen molar-refractivity contribution < 1.29 is 14.0 Å². The minimum Gasteiger partial charge on any atom is -0.340 e. The summed E-state index contributed by atoms with van der Waals surface area (Å²) < 4.78 is 14.0. The second-order valence-electron chi connectivity index (χ2n) is 5.70. The maximum absolute atomic E-state index is 12.9. The van der Waals surface area contributed by atoms with Gasteiger partial charge in [-0.15, -0.1) is 0 Å². The van der Waals surface area contributed by atoms with Crippen molar-refractivity contribution in [2.75, 3.05) is 5.32 Å². The van der Waals surface area contributed by atoms with Gasteiger partial charge in [0.1, 0.15) is 11.9 Å². The molecular weight excluding hydrogens is 422 g/mol. The molecule has 6 heteroatoms. The number of anilines is 1. The largest absolute Gasteiger partial charge is 0.340 e. The summed E-state index contributed by atoms with van der Waals surface area (Å²) in [6.07, 6.45) is 0. The van der Waals surface area contributed by atoms with Crippen molar-refractivity contribution >= 4 is 40.1 Å². The van der Waals surface area contributed by atoms with Gasteiger partial charge in [-0.2, -0.15) is 0 Å². The van der Waals surface area contributed by atoms with Crippen molar-refractivity contribution in [2.24, 2.45) is 5.92 Å². The molecule has 0 aliphatic rings. The van der Waals surface area contributed by atoms with E-state index in [0.717, 1.165) is 3.57 Å². The molecule has 1 atom stereocenters. The number of nitrogens with one attached hydrogen (secondary N) is 2. The third kappa shape index (κ3) is 5.02. The molecule has 2 aromatic rings. The molecule has 0 bridgehead atoms. The van der Waals surface area contributed by atoms with Crippen molar-refractivity contribution in [1.29, 1.82) is 0 Å². The third-order valence-electron chi connectivity index (χ3n) is 3.45. The normalized spacial score (nSPS) is 11.9. The molecule has 24 heavy (non-hydrogen) atoms. The van der Waals surface area contributed by atoms with Gasteiger partial charge < -0.3 is 10.6 Å². The van der Waals surface area contributed by atoms with Gasteiger partial charge in [-0.05, 0) is 77.0 Å². The van der Waals surface area contributed by atoms with Crippen molar-refractivity contribution in [3.8, 4) is 0 Å². The Morgan fingerprint density at radius 3 is 2.12 bits per heavy atom. The first-order chi connectivity index (χ1) is 11.4. The molecule has 0 saturated carbocycles. The molecule has 0 aliphatic carbocycles. The first kappa shape index (κ1) is 18.4. The predicted molar refractivity (Wildman–Crippen MR) is 100 cm³/mol. The SMILES string of the molecule is CC(C)C(NC(=O)c1ccc(F)cc1)C(=O)Nc1ccc(I)cc1. The van der Waals surface area contributed by atoms with Crippen LogP contribution in [0.5, 0.6) is 0 Å². The maximum Gasteiger partial charge on any atom is 0.251 e. The first-order valence-corrected chi connectivity index (χ1v) is 8.57. The molecule has 0 aliphatic heterocycles. The van der Waals surface area contributed by atoms with Gasteiger partial charge in [0.2, 0.25) is 5.91 Å². The fourth-order valence-electron chi connectivity index (χ4n) is 2.11. The summed E-state index contributed by atoms with van der Waals surface area (Å²) in [6, 6.07) is 11.9. The molecule has 0 radical (unpaired) electrons. The lowest BCUT2D eigenvalue weighted by molar-refractivity contribution is -0.118. The number of carbonyl (C=O) groups is 2. The number of hydrogen-bond acceptors (Lipinski definition) is 2. The first-order valence-electron chi connectivity index (χ1n) is 7.49. The molecule has 0 fully saturated rings. The van der Waals surface area contributed by atoms with Crippen LogP contribution in [0.2, 0.25) is 0 Å². The molecule has 0 spiro atoms. The highest BCUT2D eigenvalue weighted by atomic mass is 127. The smallest absolute Gasteiger partial charge is 0.251 e. The van der Waals surface area contributed by atoms with Crippen LogP contribution in [0.25, 0.3) is 0 Å². The van der Waals surface area contributed by atoms with Crippen molar-refractivity contribution in [3.05, 3.63) is 63.5 Å². The molecule has 0 heterocycles. The van der Waals surface area contributed by atoms with Crippen molar-refractivity contribution in [1.82, 2.24) is 5.32 Å². The number of rotatable bonds is 5. The van der Waals surface area contributed by atoms with Crippen LogP contribution in [0.4, 0.5) is 10.1 Å². The number of amides is 2. The molecule has 2 aromatic carbocycles. The summed E-state index contributed by atoms with van der Waals surface area (Å²) in [5.41, 5.74) is 0.978. The lowest BCUT2D eigenvalue weighted by Crippen LogP contribution is -2.47. The Bertz CT molecular complexity index is 715. The minimum atomic E-state index is -0.693. The lowest BCUT2D eigenvalue weighted by atomic mass is 10.0. The summed E-state index contributed by atoms with van der Waals surface area (Å²) in [5.74, 6) is -1.21. The van der Waals surface area contributed by atoms with Crippen LogP contribution in [0, 0.1) is 15.3 Å². The van der Waals surface area contributed by atoms with E-state index >= 15 is 0 Å². The summed E-state index contributed by atoms with van der Waals surface area (Å²) in [7, 11) is 0. The van der Waals surface area contributed by atoms with E-state index in [2.05, 4.69) is 33.2 Å². The molecule has 2 N–H and O–H groups in total. The van der Waals surface area contributed by atoms with Crippen LogP contribution in [0.15, 0.2) is 48.5 Å². The fraction of sp³-hybridized carbons (Fsp3) is 0.222. The quantitative estimate of drug-likeness (QED) is 0.695. The van der Waals surface area contributed by atoms with Gasteiger partial charge in [-0.25, -0.2) is 4.39 Å². The second-order valence-corrected chi connectivity index (χ2v) is 6.94. The second kappa shape index (κ2) is 8.23. The van der Waals surface area contributed by atoms with Crippen LogP contribution >= 0.6 is 22.6 Å². The number of hydrogen-bond donors (Lipinski definition) is 2. The van der Waals surface area contributed by atoms with Gasteiger partial charge in [0.05, 0.1) is 0 Å². The van der Waals surface area contributed by atoms with E-state index in [1.54, 1.807) is 12.1 Å². The molecular formula is C18H18FIN2O2. The summed E-state index contributed by atoms with van der Waals surface area (Å²) >= 11 is 2.18. The molecule has 1 unspecified atom stereocenters. The Morgan fingerprint density at radius 1 is 1.00 bits per heavy atom. The Labute approximate surface area is 154 Å². The van der Waals surface area contributed by atoms with Gasteiger partial charge in [0.25, 0.3) is 5.91 Å². The zero-order chi connectivity index (χ0) is 17.7. The highest BCUT2D eigenvalue weighted by Crippen LogP contribution is 2.13. The van der Waals surface area contributed by atoms with Gasteiger partial charge in [-0.3, -0.25) is 9.59 Å². The monoisotopic (exact) mass is 440 g/mol. The number of halogens is 2. The highest BCUT2D eigenvalue weighted by Gasteiger charge is 2.24. The van der Waals surface area contributed by atoms with E-state index in [-0.39, 0.29) is 11.8 Å². The van der Waals surface area contributed by atoms with Crippen molar-refractivity contribution in [3.63, 3.8) is 0 Å². The fourth-order valence-corrected chi connectivity index (χ4v) is 2.47. The highest BCUT2D eigenvalue weighted by molar-refractivity contribution is 14.1. The van der Waals surface area contributed by atoms with Crippen LogP contribution in [0.1, 0.15) is 24.2 Å². The molecule has 0 aromatic heterocycles. The third-order valence-corrected chi connectivity index (χ3v) is 4.17.